The molecule has 2 unspecified atom stereocenters. The molecule has 2 atom stereocenters. The predicted molar refractivity (Wildman–Crippen MR) is 63.1 cm³/mol. The van der Waals surface area contributed by atoms with Crippen LogP contribution in [0.1, 0.15) is 32.5 Å². The first-order valence-corrected chi connectivity index (χ1v) is 6.17. The molecule has 1 fully saturated rings. The van der Waals surface area contributed by atoms with Gasteiger partial charge in [0.15, 0.2) is 0 Å². The van der Waals surface area contributed by atoms with E-state index in [1.807, 2.05) is 10.8 Å². The van der Waals surface area contributed by atoms with E-state index in [1.54, 1.807) is 6.20 Å². The minimum atomic E-state index is -0.750. The second-order valence-electron chi connectivity index (χ2n) is 4.52. The maximum atomic E-state index is 10.9. The number of piperidine rings is 1. The van der Waals surface area contributed by atoms with Crippen molar-refractivity contribution in [2.45, 2.75) is 38.8 Å². The molecule has 4 heteroatoms. The zero-order valence-electron chi connectivity index (χ0n) is 10.1. The summed E-state index contributed by atoms with van der Waals surface area (Å²) in [4.78, 5) is 4.37. The number of nitrogens with zero attached hydrogens (tertiary/aromatic N) is 2. The van der Waals surface area contributed by atoms with Gasteiger partial charge in [-0.2, -0.15) is 0 Å². The molecule has 0 bridgehead atoms. The molecule has 0 aliphatic carbocycles. The molecule has 1 aliphatic heterocycles. The molecular formula is C12H21N3O. The van der Waals surface area contributed by atoms with Crippen molar-refractivity contribution >= 4 is 0 Å². The molecule has 1 aliphatic rings. The van der Waals surface area contributed by atoms with Gasteiger partial charge in [-0.1, -0.05) is 6.92 Å². The molecule has 4 nitrogen and oxygen atoms in total. The summed E-state index contributed by atoms with van der Waals surface area (Å²) in [7, 11) is 0. The summed E-state index contributed by atoms with van der Waals surface area (Å²) in [6, 6.07) is 0. The van der Waals surface area contributed by atoms with E-state index in [0.717, 1.165) is 38.3 Å². The number of nitrogens with one attached hydrogen (secondary N) is 1. The first-order valence-electron chi connectivity index (χ1n) is 6.17. The summed E-state index contributed by atoms with van der Waals surface area (Å²) in [5, 5.41) is 14.2. The lowest BCUT2D eigenvalue weighted by molar-refractivity contribution is -0.0577. The first kappa shape index (κ1) is 11.6. The maximum Gasteiger partial charge on any atom is 0.141 e. The van der Waals surface area contributed by atoms with E-state index < -0.39 is 5.60 Å². The summed E-state index contributed by atoms with van der Waals surface area (Å²) in [5.41, 5.74) is -0.750. The summed E-state index contributed by atoms with van der Waals surface area (Å²) < 4.78 is 2.05. The number of aliphatic hydroxyl groups is 1. The Labute approximate surface area is 96.7 Å². The van der Waals surface area contributed by atoms with Crippen molar-refractivity contribution in [2.24, 2.45) is 5.92 Å². The van der Waals surface area contributed by atoms with Crippen LogP contribution in [0.5, 0.6) is 0 Å². The zero-order valence-corrected chi connectivity index (χ0v) is 10.1. The number of hydrogen-bond acceptors (Lipinski definition) is 3. The van der Waals surface area contributed by atoms with Gasteiger partial charge in [-0.25, -0.2) is 4.98 Å². The van der Waals surface area contributed by atoms with Crippen molar-refractivity contribution in [2.75, 3.05) is 13.1 Å². The molecule has 0 radical (unpaired) electrons. The van der Waals surface area contributed by atoms with Crippen LogP contribution in [0.15, 0.2) is 12.4 Å². The molecule has 2 rings (SSSR count). The lowest BCUT2D eigenvalue weighted by Gasteiger charge is -2.39. The molecule has 0 aromatic carbocycles. The average molecular weight is 223 g/mol. The van der Waals surface area contributed by atoms with Crippen LogP contribution in [0, 0.1) is 5.92 Å². The van der Waals surface area contributed by atoms with Gasteiger partial charge in [-0.3, -0.25) is 0 Å². The molecule has 0 amide bonds. The minimum absolute atomic E-state index is 0.258. The summed E-state index contributed by atoms with van der Waals surface area (Å²) in [6.45, 7) is 6.81. The molecule has 0 saturated carbocycles. The summed E-state index contributed by atoms with van der Waals surface area (Å²) in [6.07, 6.45) is 5.45. The topological polar surface area (TPSA) is 50.1 Å². The number of aryl methyl sites for hydroxylation is 1. The molecule has 2 N–H and O–H groups in total. The molecular weight excluding hydrogens is 202 g/mol. The number of hydrogen-bond donors (Lipinski definition) is 2. The van der Waals surface area contributed by atoms with E-state index in [2.05, 4.69) is 24.1 Å². The van der Waals surface area contributed by atoms with Gasteiger partial charge in [0, 0.05) is 31.4 Å². The number of imidazole rings is 1. The van der Waals surface area contributed by atoms with E-state index in [-0.39, 0.29) is 5.92 Å². The van der Waals surface area contributed by atoms with E-state index in [0.29, 0.717) is 0 Å². The third kappa shape index (κ3) is 1.76. The summed E-state index contributed by atoms with van der Waals surface area (Å²) in [5.74, 6) is 1.09. The average Bonchev–Trinajstić information content (AvgIpc) is 2.78. The Kier molecular flexibility index (Phi) is 3.30. The van der Waals surface area contributed by atoms with Crippen LogP contribution < -0.4 is 5.32 Å². The Hall–Kier alpha value is -0.870. The van der Waals surface area contributed by atoms with Crippen LogP contribution in [-0.2, 0) is 12.1 Å². The molecule has 90 valence electrons. The molecule has 2 heterocycles. The SMILES string of the molecule is CCC1CNCCC1(O)c1nccn1CC. The number of aromatic nitrogens is 2. The van der Waals surface area contributed by atoms with Crippen molar-refractivity contribution in [3.63, 3.8) is 0 Å². The minimum Gasteiger partial charge on any atom is -0.382 e. The molecule has 1 saturated heterocycles. The van der Waals surface area contributed by atoms with Crippen molar-refractivity contribution < 1.29 is 5.11 Å². The molecule has 0 spiro atoms. The van der Waals surface area contributed by atoms with E-state index in [4.69, 9.17) is 0 Å². The van der Waals surface area contributed by atoms with E-state index in [1.165, 1.54) is 0 Å². The monoisotopic (exact) mass is 223 g/mol. The van der Waals surface area contributed by atoms with Crippen LogP contribution in [-0.4, -0.2) is 27.7 Å². The van der Waals surface area contributed by atoms with Crippen LogP contribution in [0.4, 0.5) is 0 Å². The Morgan fingerprint density at radius 2 is 2.44 bits per heavy atom. The van der Waals surface area contributed by atoms with Gasteiger partial charge in [0.25, 0.3) is 0 Å². The van der Waals surface area contributed by atoms with Gasteiger partial charge < -0.3 is 15.0 Å². The standard InChI is InChI=1S/C12H21N3O/c1-3-10-9-13-6-5-12(10,16)11-14-7-8-15(11)4-2/h7-8,10,13,16H,3-6,9H2,1-2H3. The Morgan fingerprint density at radius 1 is 1.62 bits per heavy atom. The van der Waals surface area contributed by atoms with Gasteiger partial charge in [0.05, 0.1) is 0 Å². The van der Waals surface area contributed by atoms with Crippen molar-refractivity contribution in [1.29, 1.82) is 0 Å². The highest BCUT2D eigenvalue weighted by Crippen LogP contribution is 2.35. The second kappa shape index (κ2) is 4.55. The Morgan fingerprint density at radius 3 is 3.12 bits per heavy atom. The van der Waals surface area contributed by atoms with Gasteiger partial charge in [0.1, 0.15) is 11.4 Å². The normalized spacial score (nSPS) is 30.6. The lowest BCUT2D eigenvalue weighted by atomic mass is 9.79. The second-order valence-corrected chi connectivity index (χ2v) is 4.52. The fraction of sp³-hybridized carbons (Fsp3) is 0.750. The van der Waals surface area contributed by atoms with Crippen LogP contribution in [0.25, 0.3) is 0 Å². The summed E-state index contributed by atoms with van der Waals surface area (Å²) >= 11 is 0. The van der Waals surface area contributed by atoms with Crippen molar-refractivity contribution in [3.8, 4) is 0 Å². The Bertz CT molecular complexity index is 350. The molecule has 1 aromatic rings. The van der Waals surface area contributed by atoms with E-state index in [9.17, 15) is 5.11 Å². The third-order valence-corrected chi connectivity index (χ3v) is 3.69. The first-order chi connectivity index (χ1) is 7.72. The largest absolute Gasteiger partial charge is 0.382 e. The van der Waals surface area contributed by atoms with E-state index >= 15 is 0 Å². The van der Waals surface area contributed by atoms with Gasteiger partial charge in [-0.05, 0) is 26.3 Å². The molecule has 16 heavy (non-hydrogen) atoms. The highest BCUT2D eigenvalue weighted by Gasteiger charge is 2.42. The van der Waals surface area contributed by atoms with Gasteiger partial charge in [0.2, 0.25) is 0 Å². The smallest absolute Gasteiger partial charge is 0.141 e. The highest BCUT2D eigenvalue weighted by molar-refractivity contribution is 5.09. The predicted octanol–water partition coefficient (Wildman–Crippen LogP) is 1.11. The lowest BCUT2D eigenvalue weighted by Crippen LogP contribution is -2.49. The molecule has 1 aromatic heterocycles. The fourth-order valence-corrected chi connectivity index (χ4v) is 2.65. The van der Waals surface area contributed by atoms with Crippen LogP contribution in [0.3, 0.4) is 0 Å². The highest BCUT2D eigenvalue weighted by atomic mass is 16.3. The van der Waals surface area contributed by atoms with Gasteiger partial charge in [-0.15, -0.1) is 0 Å². The maximum absolute atomic E-state index is 10.9. The van der Waals surface area contributed by atoms with Crippen LogP contribution in [0.2, 0.25) is 0 Å². The van der Waals surface area contributed by atoms with Crippen LogP contribution >= 0.6 is 0 Å². The van der Waals surface area contributed by atoms with Crippen molar-refractivity contribution in [3.05, 3.63) is 18.2 Å². The third-order valence-electron chi connectivity index (χ3n) is 3.69. The Balaban J connectivity index is 2.34. The van der Waals surface area contributed by atoms with Gasteiger partial charge >= 0.3 is 0 Å². The fourth-order valence-electron chi connectivity index (χ4n) is 2.65. The van der Waals surface area contributed by atoms with Crippen molar-refractivity contribution in [1.82, 2.24) is 14.9 Å². The zero-order chi connectivity index (χ0) is 11.6. The number of rotatable bonds is 3. The quantitative estimate of drug-likeness (QED) is 0.807.